The third kappa shape index (κ3) is 3.72. The minimum atomic E-state index is 0.770. The summed E-state index contributed by atoms with van der Waals surface area (Å²) in [6.07, 6.45) is 4.20. The third-order valence-corrected chi connectivity index (χ3v) is 0.923. The van der Waals surface area contributed by atoms with Crippen molar-refractivity contribution in [1.29, 1.82) is 0 Å². The van der Waals surface area contributed by atoms with E-state index in [1.54, 1.807) is 7.11 Å². The van der Waals surface area contributed by atoms with Gasteiger partial charge < -0.3 is 4.74 Å². The van der Waals surface area contributed by atoms with Crippen LogP contribution in [0.1, 0.15) is 19.8 Å². The zero-order valence-electron chi connectivity index (χ0n) is 5.61. The van der Waals surface area contributed by atoms with Gasteiger partial charge in [-0.25, -0.2) is 0 Å². The molecule has 0 heterocycles. The number of rotatable bonds is 3. The molecular weight excluding hydrogens is 100 g/mol. The molecule has 0 atom stereocenters. The maximum absolute atomic E-state index is 4.80. The van der Waals surface area contributed by atoms with Crippen LogP contribution >= 0.6 is 0 Å². The van der Waals surface area contributed by atoms with E-state index in [0.29, 0.717) is 0 Å². The Hall–Kier alpha value is -0.460. The van der Waals surface area contributed by atoms with E-state index in [-0.39, 0.29) is 0 Å². The zero-order chi connectivity index (χ0) is 6.41. The van der Waals surface area contributed by atoms with Crippen LogP contribution in [0.25, 0.3) is 0 Å². The molecule has 1 nitrogen and oxygen atoms in total. The van der Waals surface area contributed by atoms with Crippen LogP contribution in [0, 0.1) is 6.92 Å². The number of hydrogen-bond acceptors (Lipinski definition) is 1. The number of ether oxygens (including phenoxy) is 1. The van der Waals surface area contributed by atoms with Gasteiger partial charge in [-0.1, -0.05) is 13.3 Å². The maximum Gasteiger partial charge on any atom is 0.0920 e. The first-order chi connectivity index (χ1) is 3.81. The Labute approximate surface area is 51.4 Å². The normalized spacial score (nSPS) is 11.6. The average molecular weight is 113 g/mol. The molecule has 0 aromatic carbocycles. The van der Waals surface area contributed by atoms with Crippen molar-refractivity contribution in [2.45, 2.75) is 19.8 Å². The first-order valence-corrected chi connectivity index (χ1v) is 2.87. The first kappa shape index (κ1) is 7.54. The minimum Gasteiger partial charge on any atom is -0.501 e. The van der Waals surface area contributed by atoms with E-state index < -0.39 is 0 Å². The van der Waals surface area contributed by atoms with Crippen LogP contribution in [0.3, 0.4) is 0 Å². The van der Waals surface area contributed by atoms with Crippen LogP contribution in [0.5, 0.6) is 0 Å². The predicted octanol–water partition coefficient (Wildman–Crippen LogP) is 2.15. The molecule has 0 aromatic rings. The van der Waals surface area contributed by atoms with E-state index in [2.05, 4.69) is 13.8 Å². The predicted molar refractivity (Wildman–Crippen MR) is 35.4 cm³/mol. The fraction of sp³-hybridized carbons (Fsp3) is 0.571. The van der Waals surface area contributed by atoms with Gasteiger partial charge in [-0.05, 0) is 12.5 Å². The van der Waals surface area contributed by atoms with Gasteiger partial charge in [0, 0.05) is 6.92 Å². The third-order valence-electron chi connectivity index (χ3n) is 0.923. The van der Waals surface area contributed by atoms with Crippen LogP contribution in [0.2, 0.25) is 0 Å². The van der Waals surface area contributed by atoms with Crippen molar-refractivity contribution in [1.82, 2.24) is 0 Å². The van der Waals surface area contributed by atoms with Gasteiger partial charge in [-0.3, -0.25) is 0 Å². The molecule has 0 unspecified atom stereocenters. The number of methoxy groups -OCH3 is 1. The lowest BCUT2D eigenvalue weighted by atomic mass is 10.3. The standard InChI is InChI=1S/C7H13O/c1-4-5-6-7(2)8-3/h6H,2,4-5H2,1,3H3. The maximum atomic E-state index is 4.80. The molecule has 0 aliphatic heterocycles. The second-order valence-electron chi connectivity index (χ2n) is 1.66. The molecule has 8 heavy (non-hydrogen) atoms. The van der Waals surface area contributed by atoms with Gasteiger partial charge in [0.25, 0.3) is 0 Å². The van der Waals surface area contributed by atoms with E-state index in [0.717, 1.165) is 18.6 Å². The summed E-state index contributed by atoms with van der Waals surface area (Å²) in [5.74, 6) is 0.770. The van der Waals surface area contributed by atoms with Crippen molar-refractivity contribution in [3.05, 3.63) is 18.8 Å². The molecule has 0 spiro atoms. The van der Waals surface area contributed by atoms with Crippen molar-refractivity contribution in [3.8, 4) is 0 Å². The minimum absolute atomic E-state index is 0.770. The quantitative estimate of drug-likeness (QED) is 0.509. The Kier molecular flexibility index (Phi) is 4.42. The largest absolute Gasteiger partial charge is 0.501 e. The highest BCUT2D eigenvalue weighted by molar-refractivity contribution is 4.94. The summed E-state index contributed by atoms with van der Waals surface area (Å²) < 4.78 is 4.80. The Morgan fingerprint density at radius 1 is 1.75 bits per heavy atom. The van der Waals surface area contributed by atoms with Crippen molar-refractivity contribution in [2.75, 3.05) is 7.11 Å². The lowest BCUT2D eigenvalue weighted by Gasteiger charge is -1.95. The van der Waals surface area contributed by atoms with Gasteiger partial charge in [-0.15, -0.1) is 0 Å². The van der Waals surface area contributed by atoms with E-state index in [1.807, 2.05) is 6.08 Å². The molecule has 0 aliphatic rings. The monoisotopic (exact) mass is 113 g/mol. The topological polar surface area (TPSA) is 9.23 Å². The molecule has 0 amide bonds. The van der Waals surface area contributed by atoms with Crippen LogP contribution < -0.4 is 0 Å². The second-order valence-corrected chi connectivity index (χ2v) is 1.66. The smallest absolute Gasteiger partial charge is 0.0920 e. The summed E-state index contributed by atoms with van der Waals surface area (Å²) >= 11 is 0. The molecule has 0 rings (SSSR count). The van der Waals surface area contributed by atoms with Crippen LogP contribution in [-0.4, -0.2) is 7.11 Å². The first-order valence-electron chi connectivity index (χ1n) is 2.87. The molecule has 0 saturated heterocycles. The summed E-state index contributed by atoms with van der Waals surface area (Å²) in [6, 6.07) is 0. The summed E-state index contributed by atoms with van der Waals surface area (Å²) in [4.78, 5) is 0. The highest BCUT2D eigenvalue weighted by atomic mass is 16.5. The molecule has 1 heteroatoms. The molecule has 0 aliphatic carbocycles. The van der Waals surface area contributed by atoms with Crippen LogP contribution in [0.15, 0.2) is 11.8 Å². The summed E-state index contributed by atoms with van der Waals surface area (Å²) in [7, 11) is 1.63. The Balaban J connectivity index is 3.26. The van der Waals surface area contributed by atoms with E-state index in [1.165, 1.54) is 0 Å². The molecule has 0 bridgehead atoms. The fourth-order valence-corrected chi connectivity index (χ4v) is 0.389. The second kappa shape index (κ2) is 4.69. The van der Waals surface area contributed by atoms with E-state index >= 15 is 0 Å². The van der Waals surface area contributed by atoms with Gasteiger partial charge in [0.1, 0.15) is 0 Å². The number of hydrogen-bond donors (Lipinski definition) is 0. The fourth-order valence-electron chi connectivity index (χ4n) is 0.389. The highest BCUT2D eigenvalue weighted by Crippen LogP contribution is 1.96. The zero-order valence-corrected chi connectivity index (χ0v) is 5.61. The van der Waals surface area contributed by atoms with Gasteiger partial charge in [-0.2, -0.15) is 0 Å². The lowest BCUT2D eigenvalue weighted by Crippen LogP contribution is -1.77. The van der Waals surface area contributed by atoms with Crippen molar-refractivity contribution in [2.24, 2.45) is 0 Å². The SMILES string of the molecule is [CH2]C(=CCCC)OC. The van der Waals surface area contributed by atoms with Gasteiger partial charge in [0.15, 0.2) is 0 Å². The van der Waals surface area contributed by atoms with Gasteiger partial charge in [0.05, 0.1) is 12.9 Å². The van der Waals surface area contributed by atoms with E-state index in [4.69, 9.17) is 4.74 Å². The summed E-state index contributed by atoms with van der Waals surface area (Å²) in [5, 5.41) is 0. The van der Waals surface area contributed by atoms with Gasteiger partial charge in [0.2, 0.25) is 0 Å². The number of allylic oxidation sites excluding steroid dienone is 2. The molecular formula is C7H13O. The van der Waals surface area contributed by atoms with Crippen molar-refractivity contribution >= 4 is 0 Å². The average Bonchev–Trinajstić information content (AvgIpc) is 1.83. The summed E-state index contributed by atoms with van der Waals surface area (Å²) in [6.45, 7) is 5.76. The lowest BCUT2D eigenvalue weighted by molar-refractivity contribution is 0.304. The summed E-state index contributed by atoms with van der Waals surface area (Å²) in [5.41, 5.74) is 0. The van der Waals surface area contributed by atoms with Gasteiger partial charge >= 0.3 is 0 Å². The van der Waals surface area contributed by atoms with Crippen LogP contribution in [0.4, 0.5) is 0 Å². The Morgan fingerprint density at radius 2 is 2.38 bits per heavy atom. The van der Waals surface area contributed by atoms with Crippen molar-refractivity contribution < 1.29 is 4.74 Å². The Morgan fingerprint density at radius 3 is 2.75 bits per heavy atom. The molecule has 0 N–H and O–H groups in total. The number of unbranched alkanes of at least 4 members (excludes halogenated alkanes) is 1. The van der Waals surface area contributed by atoms with Crippen LogP contribution in [-0.2, 0) is 4.74 Å². The van der Waals surface area contributed by atoms with Crippen molar-refractivity contribution in [3.63, 3.8) is 0 Å². The highest BCUT2D eigenvalue weighted by Gasteiger charge is 1.80. The molecule has 0 aromatic heterocycles. The molecule has 47 valence electrons. The Bertz CT molecular complexity index is 74.5. The molecule has 0 fully saturated rings. The van der Waals surface area contributed by atoms with E-state index in [9.17, 15) is 0 Å². The molecule has 0 saturated carbocycles. The molecule has 1 radical (unpaired) electrons.